The third-order valence-corrected chi connectivity index (χ3v) is 11.3. The number of hydrogen-bond donors (Lipinski definition) is 0. The summed E-state index contributed by atoms with van der Waals surface area (Å²) in [5.41, 5.74) is 8.26. The van der Waals surface area contributed by atoms with E-state index in [-0.39, 0.29) is 0 Å². The Kier molecular flexibility index (Phi) is 6.06. The van der Waals surface area contributed by atoms with Crippen LogP contribution in [0.4, 0.5) is 0 Å². The monoisotopic (exact) mass is 645 g/mol. The Morgan fingerprint density at radius 1 is 0.639 bits per heavy atom. The molecule has 4 aromatic carbocycles. The van der Waals surface area contributed by atoms with Gasteiger partial charge < -0.3 is 0 Å². The van der Waals surface area contributed by atoms with Gasteiger partial charge >= 0.3 is 231 Å². The second kappa shape index (κ2) is 9.25. The van der Waals surface area contributed by atoms with Crippen LogP contribution in [0.2, 0.25) is 19.6 Å². The van der Waals surface area contributed by atoms with Crippen LogP contribution in [0.5, 0.6) is 0 Å². The van der Waals surface area contributed by atoms with Crippen molar-refractivity contribution in [1.82, 2.24) is 0 Å². The van der Waals surface area contributed by atoms with Gasteiger partial charge in [-0.25, -0.2) is 0 Å². The molecule has 4 aromatic rings. The molecule has 2 aliphatic rings. The van der Waals surface area contributed by atoms with Crippen molar-refractivity contribution in [2.24, 2.45) is 0 Å². The van der Waals surface area contributed by atoms with E-state index >= 15 is 0 Å². The zero-order chi connectivity index (χ0) is 24.9. The fourth-order valence-electron chi connectivity index (χ4n) is 5.61. The second-order valence-corrected chi connectivity index (χ2v) is 17.6. The first-order valence-electron chi connectivity index (χ1n) is 12.7. The molecule has 0 fully saturated rings. The van der Waals surface area contributed by atoms with Crippen LogP contribution < -0.4 is 10.4 Å². The molecule has 2 heteroatoms. The average Bonchev–Trinajstić information content (AvgIpc) is 3.50. The van der Waals surface area contributed by atoms with Crippen LogP contribution in [0.3, 0.4) is 0 Å². The molecule has 0 spiro atoms. The summed E-state index contributed by atoms with van der Waals surface area (Å²) in [6, 6.07) is 35.7. The molecule has 0 unspecified atom stereocenters. The van der Waals surface area contributed by atoms with Gasteiger partial charge in [0.1, 0.15) is 0 Å². The zero-order valence-corrected chi connectivity index (χ0v) is 25.7. The van der Waals surface area contributed by atoms with Crippen LogP contribution in [0.15, 0.2) is 114 Å². The molecular formula is C34H29HfSi. The fraction of sp³-hybridized carbons (Fsp3) is 0.118. The Labute approximate surface area is 229 Å². The van der Waals surface area contributed by atoms with Crippen LogP contribution in [0.1, 0.15) is 28.7 Å². The van der Waals surface area contributed by atoms with E-state index in [0.717, 1.165) is 30.8 Å². The minimum absolute atomic E-state index is 1.02. The molecule has 0 saturated carbocycles. The molecule has 0 bridgehead atoms. The molecule has 173 valence electrons. The van der Waals surface area contributed by atoms with Crippen LogP contribution in [-0.2, 0) is 24.4 Å². The molecular weight excluding hydrogens is 615 g/mol. The van der Waals surface area contributed by atoms with Gasteiger partial charge in [-0.1, -0.05) is 0 Å². The maximum absolute atomic E-state index is 2.54. The van der Waals surface area contributed by atoms with Crippen molar-refractivity contribution < 1.29 is 24.4 Å². The Morgan fingerprint density at radius 2 is 1.22 bits per heavy atom. The van der Waals surface area contributed by atoms with Crippen molar-refractivity contribution in [2.75, 3.05) is 0 Å². The van der Waals surface area contributed by atoms with Gasteiger partial charge in [-0.3, -0.25) is 0 Å². The molecule has 36 heavy (non-hydrogen) atoms. The summed E-state index contributed by atoms with van der Waals surface area (Å²) in [5.74, 6) is 0. The molecule has 0 amide bonds. The molecule has 0 heterocycles. The topological polar surface area (TPSA) is 0 Å². The predicted octanol–water partition coefficient (Wildman–Crippen LogP) is 6.83. The maximum atomic E-state index is 2.54. The van der Waals surface area contributed by atoms with Crippen molar-refractivity contribution in [3.8, 4) is 0 Å². The van der Waals surface area contributed by atoms with E-state index < -0.39 is 8.07 Å². The normalized spacial score (nSPS) is 14.2. The van der Waals surface area contributed by atoms with Crippen molar-refractivity contribution in [2.45, 2.75) is 26.1 Å². The molecule has 0 aromatic heterocycles. The van der Waals surface area contributed by atoms with Crippen molar-refractivity contribution in [3.63, 3.8) is 0 Å². The quantitative estimate of drug-likeness (QED) is 0.214. The third kappa shape index (κ3) is 4.01. The van der Waals surface area contributed by atoms with Crippen molar-refractivity contribution in [3.05, 3.63) is 158 Å². The summed E-state index contributed by atoms with van der Waals surface area (Å²) >= 11 is 1.02. The number of hydrogen-bond acceptors (Lipinski definition) is 0. The van der Waals surface area contributed by atoms with E-state index in [2.05, 4.69) is 129 Å². The number of fused-ring (bicyclic) bond motifs is 2. The Morgan fingerprint density at radius 3 is 1.81 bits per heavy atom. The van der Waals surface area contributed by atoms with Gasteiger partial charge in [0, 0.05) is 0 Å². The van der Waals surface area contributed by atoms with Gasteiger partial charge in [0.25, 0.3) is 0 Å². The standard InChI is InChI=1S/C34H29Si.Hf/c1-35(2,3)28-19-18-27(22-28)34-31(21-20-30-29-17-11-10-16-26(29)23-32(30)34)33(24-12-6-4-7-13-24)25-14-8-5-9-15-25;/h4-17,19-22H,18H2,1-3H3;. The number of allylic oxidation sites excluding steroid dienone is 4. The van der Waals surface area contributed by atoms with E-state index in [1.807, 2.05) is 0 Å². The first-order chi connectivity index (χ1) is 17.4. The number of benzene rings is 4. The van der Waals surface area contributed by atoms with E-state index in [9.17, 15) is 0 Å². The first kappa shape index (κ1) is 23.6. The number of rotatable bonds is 4. The molecule has 2 aliphatic carbocycles. The zero-order valence-electron chi connectivity index (χ0n) is 21.1. The summed E-state index contributed by atoms with van der Waals surface area (Å²) in [6.07, 6.45) is 6.06. The first-order valence-corrected chi connectivity index (χ1v) is 18.0. The van der Waals surface area contributed by atoms with Gasteiger partial charge in [0.15, 0.2) is 0 Å². The molecule has 0 aliphatic heterocycles. The Hall–Kier alpha value is -2.81. The SMILES string of the molecule is C[Si](C)(C)C1=CCC(c2c3c(ccc2=C(c2ccccc2)c2ccccc2)=c2ccccc2=[C]3[Hf])=C1. The summed E-state index contributed by atoms with van der Waals surface area (Å²) in [6.45, 7) is 7.38. The predicted molar refractivity (Wildman–Crippen MR) is 151 cm³/mol. The molecule has 0 atom stereocenters. The minimum atomic E-state index is -1.40. The van der Waals surface area contributed by atoms with Gasteiger partial charge in [-0.05, 0) is 0 Å². The fourth-order valence-corrected chi connectivity index (χ4v) is 8.65. The van der Waals surface area contributed by atoms with Crippen molar-refractivity contribution >= 4 is 22.5 Å². The van der Waals surface area contributed by atoms with Gasteiger partial charge in [0.2, 0.25) is 0 Å². The van der Waals surface area contributed by atoms with Crippen molar-refractivity contribution in [1.29, 1.82) is 0 Å². The second-order valence-electron chi connectivity index (χ2n) is 10.7. The van der Waals surface area contributed by atoms with Crippen LogP contribution in [-0.4, -0.2) is 8.07 Å². The molecule has 0 nitrogen and oxygen atoms in total. The average molecular weight is 644 g/mol. The Balaban J connectivity index is 1.80. The summed E-state index contributed by atoms with van der Waals surface area (Å²) in [7, 11) is -1.40. The summed E-state index contributed by atoms with van der Waals surface area (Å²) in [5, 5.41) is 7.15. The third-order valence-electron chi connectivity index (χ3n) is 7.39. The van der Waals surface area contributed by atoms with Crippen LogP contribution >= 0.6 is 0 Å². The molecule has 0 N–H and O–H groups in total. The Bertz CT molecular complexity index is 1730. The van der Waals surface area contributed by atoms with E-state index in [0.29, 0.717) is 0 Å². The van der Waals surface area contributed by atoms with Crippen LogP contribution in [0.25, 0.3) is 14.5 Å². The van der Waals surface area contributed by atoms with E-state index in [4.69, 9.17) is 0 Å². The van der Waals surface area contributed by atoms with Gasteiger partial charge in [-0.15, -0.1) is 0 Å². The van der Waals surface area contributed by atoms with Gasteiger partial charge in [-0.2, -0.15) is 0 Å². The summed E-state index contributed by atoms with van der Waals surface area (Å²) in [4.78, 5) is 0. The van der Waals surface area contributed by atoms with Gasteiger partial charge in [0.05, 0.1) is 0 Å². The summed E-state index contributed by atoms with van der Waals surface area (Å²) < 4.78 is 1.53. The molecule has 0 radical (unpaired) electrons. The molecule has 0 saturated heterocycles. The van der Waals surface area contributed by atoms with Crippen LogP contribution in [0, 0.1) is 10.4 Å². The van der Waals surface area contributed by atoms with E-state index in [1.165, 1.54) is 57.6 Å². The molecule has 6 rings (SSSR count). The van der Waals surface area contributed by atoms with E-state index in [1.54, 1.807) is 5.20 Å².